The molecule has 3 heteroatoms. The second-order valence-corrected chi connectivity index (χ2v) is 5.30. The van der Waals surface area contributed by atoms with Gasteiger partial charge < -0.3 is 15.2 Å². The Morgan fingerprint density at radius 2 is 1.90 bits per heavy atom. The molecule has 2 unspecified atom stereocenters. The first-order chi connectivity index (χ1) is 9.63. The summed E-state index contributed by atoms with van der Waals surface area (Å²) in [5.74, 6) is 0.377. The van der Waals surface area contributed by atoms with E-state index in [1.807, 2.05) is 30.3 Å². The van der Waals surface area contributed by atoms with E-state index in [4.69, 9.17) is 4.74 Å². The van der Waals surface area contributed by atoms with E-state index in [-0.39, 0.29) is 6.04 Å². The van der Waals surface area contributed by atoms with E-state index in [9.17, 15) is 5.11 Å². The molecule has 0 amide bonds. The lowest BCUT2D eigenvalue weighted by Crippen LogP contribution is -2.29. The molecule has 2 aromatic rings. The molecule has 0 saturated carbocycles. The first kappa shape index (κ1) is 14.8. The highest BCUT2D eigenvalue weighted by molar-refractivity contribution is 5.89. The first-order valence-corrected chi connectivity index (χ1v) is 7.09. The number of rotatable bonds is 6. The third kappa shape index (κ3) is 3.30. The Bertz CT molecular complexity index is 568. The van der Waals surface area contributed by atoms with Gasteiger partial charge in [0, 0.05) is 36.8 Å². The molecule has 20 heavy (non-hydrogen) atoms. The van der Waals surface area contributed by atoms with Crippen LogP contribution in [0.1, 0.15) is 31.9 Å². The van der Waals surface area contributed by atoms with Crippen LogP contribution in [0.5, 0.6) is 5.75 Å². The molecule has 0 aliphatic heterocycles. The fourth-order valence-corrected chi connectivity index (χ4v) is 2.52. The van der Waals surface area contributed by atoms with Gasteiger partial charge in [-0.05, 0) is 25.7 Å². The van der Waals surface area contributed by atoms with Crippen LogP contribution in [0.25, 0.3) is 10.8 Å². The van der Waals surface area contributed by atoms with E-state index in [0.717, 1.165) is 29.4 Å². The monoisotopic (exact) mass is 273 g/mol. The van der Waals surface area contributed by atoms with Crippen LogP contribution in [0.2, 0.25) is 0 Å². The molecule has 0 saturated heterocycles. The highest BCUT2D eigenvalue weighted by Gasteiger charge is 2.14. The van der Waals surface area contributed by atoms with Gasteiger partial charge in [0.2, 0.25) is 0 Å². The summed E-state index contributed by atoms with van der Waals surface area (Å²) < 4.78 is 5.09. The Morgan fingerprint density at radius 3 is 2.65 bits per heavy atom. The number of fused-ring (bicyclic) bond motifs is 1. The molecular weight excluding hydrogens is 250 g/mol. The van der Waals surface area contributed by atoms with E-state index in [1.165, 1.54) is 0 Å². The minimum atomic E-state index is 0.103. The van der Waals surface area contributed by atoms with Crippen molar-refractivity contribution < 1.29 is 9.84 Å². The zero-order valence-electron chi connectivity index (χ0n) is 12.4. The topological polar surface area (TPSA) is 41.5 Å². The molecule has 108 valence electrons. The van der Waals surface area contributed by atoms with Crippen molar-refractivity contribution in [2.45, 2.75) is 32.4 Å². The smallest absolute Gasteiger partial charge is 0.128 e. The summed E-state index contributed by atoms with van der Waals surface area (Å²) in [4.78, 5) is 0. The van der Waals surface area contributed by atoms with Crippen molar-refractivity contribution in [1.29, 1.82) is 0 Å². The molecule has 0 bridgehead atoms. The van der Waals surface area contributed by atoms with E-state index in [2.05, 4.69) is 25.2 Å². The fraction of sp³-hybridized carbons (Fsp3) is 0.412. The van der Waals surface area contributed by atoms with Gasteiger partial charge in [-0.15, -0.1) is 0 Å². The summed E-state index contributed by atoms with van der Waals surface area (Å²) in [5, 5.41) is 15.9. The Balaban J connectivity index is 2.17. The van der Waals surface area contributed by atoms with Gasteiger partial charge in [0.15, 0.2) is 0 Å². The van der Waals surface area contributed by atoms with Gasteiger partial charge in [0.05, 0.1) is 0 Å². The third-order valence-electron chi connectivity index (χ3n) is 3.69. The van der Waals surface area contributed by atoms with Crippen LogP contribution in [0.15, 0.2) is 36.4 Å². The molecule has 2 N–H and O–H groups in total. The van der Waals surface area contributed by atoms with Crippen molar-refractivity contribution in [3.05, 3.63) is 42.0 Å². The van der Waals surface area contributed by atoms with E-state index >= 15 is 0 Å². The maximum absolute atomic E-state index is 10.4. The molecule has 3 nitrogen and oxygen atoms in total. The lowest BCUT2D eigenvalue weighted by Gasteiger charge is -2.21. The van der Waals surface area contributed by atoms with Crippen molar-refractivity contribution >= 4 is 10.8 Å². The molecule has 0 spiro atoms. The van der Waals surface area contributed by atoms with Gasteiger partial charge >= 0.3 is 0 Å². The van der Waals surface area contributed by atoms with Gasteiger partial charge in [-0.2, -0.15) is 0 Å². The largest absolute Gasteiger partial charge is 0.507 e. The maximum Gasteiger partial charge on any atom is 0.128 e. The number of aromatic hydroxyl groups is 1. The number of methoxy groups -OCH3 is 1. The van der Waals surface area contributed by atoms with Gasteiger partial charge in [0.25, 0.3) is 0 Å². The van der Waals surface area contributed by atoms with E-state index in [0.29, 0.717) is 11.8 Å². The summed E-state index contributed by atoms with van der Waals surface area (Å²) >= 11 is 0. The lowest BCUT2D eigenvalue weighted by molar-refractivity contribution is 0.183. The second kappa shape index (κ2) is 6.73. The Morgan fingerprint density at radius 1 is 1.15 bits per heavy atom. The summed E-state index contributed by atoms with van der Waals surface area (Å²) in [7, 11) is 1.71. The van der Waals surface area contributed by atoms with Crippen LogP contribution in [-0.2, 0) is 4.74 Å². The lowest BCUT2D eigenvalue weighted by atomic mass is 10.0. The Labute approximate surface area is 120 Å². The van der Waals surface area contributed by atoms with E-state index < -0.39 is 0 Å². The van der Waals surface area contributed by atoms with Gasteiger partial charge in [-0.1, -0.05) is 36.4 Å². The van der Waals surface area contributed by atoms with E-state index in [1.54, 1.807) is 7.11 Å². The molecule has 0 fully saturated rings. The number of ether oxygens (including phenoxy) is 1. The SMILES string of the molecule is COCCC(C)NC(C)c1ccc2ccccc2c1O. The average molecular weight is 273 g/mol. The summed E-state index contributed by atoms with van der Waals surface area (Å²) in [6.07, 6.45) is 0.954. The predicted octanol–water partition coefficient (Wildman–Crippen LogP) is 3.62. The van der Waals surface area contributed by atoms with Crippen LogP contribution in [0.4, 0.5) is 0 Å². The number of hydrogen-bond donors (Lipinski definition) is 2. The number of nitrogens with one attached hydrogen (secondary N) is 1. The van der Waals surface area contributed by atoms with Gasteiger partial charge in [-0.3, -0.25) is 0 Å². The van der Waals surface area contributed by atoms with Crippen molar-refractivity contribution in [3.63, 3.8) is 0 Å². The molecule has 0 aromatic heterocycles. The Hall–Kier alpha value is -1.58. The van der Waals surface area contributed by atoms with Crippen molar-refractivity contribution in [3.8, 4) is 5.75 Å². The summed E-state index contributed by atoms with van der Waals surface area (Å²) in [6.45, 7) is 4.95. The first-order valence-electron chi connectivity index (χ1n) is 7.09. The average Bonchev–Trinajstić information content (AvgIpc) is 2.45. The molecule has 0 aliphatic rings. The molecule has 2 aromatic carbocycles. The minimum absolute atomic E-state index is 0.103. The third-order valence-corrected chi connectivity index (χ3v) is 3.69. The zero-order chi connectivity index (χ0) is 14.5. The fourth-order valence-electron chi connectivity index (χ4n) is 2.52. The number of phenolic OH excluding ortho intramolecular Hbond substituents is 1. The van der Waals surface area contributed by atoms with Crippen LogP contribution in [0, 0.1) is 0 Å². The highest BCUT2D eigenvalue weighted by Crippen LogP contribution is 2.32. The molecule has 2 atom stereocenters. The maximum atomic E-state index is 10.4. The van der Waals surface area contributed by atoms with Crippen LogP contribution in [-0.4, -0.2) is 24.9 Å². The summed E-state index contributed by atoms with van der Waals surface area (Å²) in [5.41, 5.74) is 0.938. The standard InChI is InChI=1S/C17H23NO2/c1-12(10-11-20-3)18-13(2)15-9-8-14-6-4-5-7-16(14)17(15)19/h4-9,12-13,18-19H,10-11H2,1-3H3. The molecule has 2 rings (SSSR count). The number of benzene rings is 2. The molecular formula is C17H23NO2. The summed E-state index contributed by atoms with van der Waals surface area (Å²) in [6, 6.07) is 12.4. The van der Waals surface area contributed by atoms with Crippen molar-refractivity contribution in [2.75, 3.05) is 13.7 Å². The second-order valence-electron chi connectivity index (χ2n) is 5.30. The molecule has 0 aliphatic carbocycles. The quantitative estimate of drug-likeness (QED) is 0.844. The van der Waals surface area contributed by atoms with Crippen molar-refractivity contribution in [1.82, 2.24) is 5.32 Å². The zero-order valence-corrected chi connectivity index (χ0v) is 12.4. The molecule has 0 radical (unpaired) electrons. The van der Waals surface area contributed by atoms with Crippen LogP contribution < -0.4 is 5.32 Å². The van der Waals surface area contributed by atoms with Crippen LogP contribution in [0.3, 0.4) is 0 Å². The Kier molecular flexibility index (Phi) is 4.99. The van der Waals surface area contributed by atoms with Crippen molar-refractivity contribution in [2.24, 2.45) is 0 Å². The number of hydrogen-bond acceptors (Lipinski definition) is 3. The van der Waals surface area contributed by atoms with Gasteiger partial charge in [0.1, 0.15) is 5.75 Å². The van der Waals surface area contributed by atoms with Gasteiger partial charge in [-0.25, -0.2) is 0 Å². The van der Waals surface area contributed by atoms with Crippen LogP contribution >= 0.6 is 0 Å². The molecule has 0 heterocycles. The highest BCUT2D eigenvalue weighted by atomic mass is 16.5. The minimum Gasteiger partial charge on any atom is -0.507 e. The number of phenols is 1. The normalized spacial score (nSPS) is 14.3. The predicted molar refractivity (Wildman–Crippen MR) is 83.1 cm³/mol.